The number of benzene rings is 1. The van der Waals surface area contributed by atoms with Gasteiger partial charge in [0.2, 0.25) is 0 Å². The third kappa shape index (κ3) is 3.72. The van der Waals surface area contributed by atoms with Gasteiger partial charge in [0.15, 0.2) is 16.6 Å². The van der Waals surface area contributed by atoms with Crippen LogP contribution in [-0.2, 0) is 4.79 Å². The molecule has 0 radical (unpaired) electrons. The van der Waals surface area contributed by atoms with Crippen LogP contribution in [0.4, 0.5) is 0 Å². The lowest BCUT2D eigenvalue weighted by Crippen LogP contribution is -2.21. The zero-order valence-corrected chi connectivity index (χ0v) is 12.9. The smallest absolute Gasteiger partial charge is 0.273 e. The maximum absolute atomic E-state index is 11.7. The summed E-state index contributed by atoms with van der Waals surface area (Å²) >= 11 is 4.92. The topological polar surface area (TPSA) is 59.6 Å². The van der Waals surface area contributed by atoms with Crippen molar-refractivity contribution in [2.75, 3.05) is 13.2 Å². The van der Waals surface area contributed by atoms with Gasteiger partial charge in [0.1, 0.15) is 5.70 Å². The average Bonchev–Trinajstić information content (AvgIpc) is 2.76. The largest absolute Gasteiger partial charge is 0.490 e. The van der Waals surface area contributed by atoms with Crippen LogP contribution in [0.1, 0.15) is 25.8 Å². The zero-order chi connectivity index (χ0) is 15.2. The highest BCUT2D eigenvalue weighted by atomic mass is 32.1. The van der Waals surface area contributed by atoms with Crippen molar-refractivity contribution in [2.45, 2.75) is 20.3 Å². The van der Waals surface area contributed by atoms with Gasteiger partial charge in [-0.15, -0.1) is 0 Å². The summed E-state index contributed by atoms with van der Waals surface area (Å²) in [5.41, 5.74) is 1.17. The van der Waals surface area contributed by atoms with Gasteiger partial charge in [0.05, 0.1) is 13.2 Å². The second-order valence-corrected chi connectivity index (χ2v) is 4.83. The van der Waals surface area contributed by atoms with E-state index in [-0.39, 0.29) is 5.91 Å². The highest BCUT2D eigenvalue weighted by molar-refractivity contribution is 7.80. The van der Waals surface area contributed by atoms with Gasteiger partial charge < -0.3 is 14.8 Å². The van der Waals surface area contributed by atoms with Gasteiger partial charge in [0, 0.05) is 5.56 Å². The van der Waals surface area contributed by atoms with Crippen molar-refractivity contribution >= 4 is 29.3 Å². The summed E-state index contributed by atoms with van der Waals surface area (Å²) < 4.78 is 11.4. The lowest BCUT2D eigenvalue weighted by Gasteiger charge is -2.14. The van der Waals surface area contributed by atoms with E-state index in [1.165, 1.54) is 0 Å². The summed E-state index contributed by atoms with van der Waals surface area (Å²) in [6, 6.07) is 5.58. The molecule has 1 aliphatic heterocycles. The van der Waals surface area contributed by atoms with Gasteiger partial charge in [-0.05, 0) is 37.7 Å². The van der Waals surface area contributed by atoms with E-state index in [2.05, 4.69) is 10.6 Å². The second-order valence-electron chi connectivity index (χ2n) is 4.42. The van der Waals surface area contributed by atoms with Crippen molar-refractivity contribution in [1.82, 2.24) is 10.6 Å². The predicted octanol–water partition coefficient (Wildman–Crippen LogP) is 2.22. The lowest BCUT2D eigenvalue weighted by atomic mass is 10.1. The molecule has 1 aliphatic rings. The van der Waals surface area contributed by atoms with Gasteiger partial charge in [-0.3, -0.25) is 10.1 Å². The number of hydrogen-bond acceptors (Lipinski definition) is 4. The molecule has 1 saturated heterocycles. The molecule has 0 atom stereocenters. The van der Waals surface area contributed by atoms with E-state index in [1.807, 2.05) is 32.0 Å². The van der Waals surface area contributed by atoms with Crippen LogP contribution in [0.5, 0.6) is 11.5 Å². The third-order valence-corrected chi connectivity index (χ3v) is 2.98. The normalized spacial score (nSPS) is 15.8. The zero-order valence-electron chi connectivity index (χ0n) is 12.1. The first-order valence-electron chi connectivity index (χ1n) is 6.88. The van der Waals surface area contributed by atoms with E-state index in [0.29, 0.717) is 35.5 Å². The molecule has 1 aromatic carbocycles. The summed E-state index contributed by atoms with van der Waals surface area (Å²) in [6.07, 6.45) is 2.60. The van der Waals surface area contributed by atoms with Gasteiger partial charge in [-0.1, -0.05) is 19.1 Å². The molecule has 1 amide bonds. The molecular formula is C15H18N2O3S. The Bertz CT molecular complexity index is 584. The number of rotatable bonds is 6. The predicted molar refractivity (Wildman–Crippen MR) is 85.3 cm³/mol. The van der Waals surface area contributed by atoms with E-state index in [4.69, 9.17) is 21.7 Å². The number of ether oxygens (including phenoxy) is 2. The molecule has 0 spiro atoms. The average molecular weight is 306 g/mol. The van der Waals surface area contributed by atoms with Gasteiger partial charge in [-0.25, -0.2) is 0 Å². The Kier molecular flexibility index (Phi) is 5.16. The number of nitrogens with one attached hydrogen (secondary N) is 2. The molecule has 0 bridgehead atoms. The first kappa shape index (κ1) is 15.3. The molecule has 0 aromatic heterocycles. The second kappa shape index (κ2) is 7.08. The van der Waals surface area contributed by atoms with Gasteiger partial charge in [-0.2, -0.15) is 0 Å². The number of thiocarbonyl (C=S) groups is 1. The van der Waals surface area contributed by atoms with Crippen LogP contribution in [0.25, 0.3) is 6.08 Å². The van der Waals surface area contributed by atoms with E-state index >= 15 is 0 Å². The molecule has 0 saturated carbocycles. The first-order chi connectivity index (χ1) is 10.2. The van der Waals surface area contributed by atoms with E-state index in [0.717, 1.165) is 12.0 Å². The number of carbonyl (C=O) groups excluding carboxylic acids is 1. The molecule has 1 fully saturated rings. The van der Waals surface area contributed by atoms with Crippen LogP contribution in [0.15, 0.2) is 23.9 Å². The highest BCUT2D eigenvalue weighted by Crippen LogP contribution is 2.33. The van der Waals surface area contributed by atoms with Gasteiger partial charge >= 0.3 is 0 Å². The molecule has 112 valence electrons. The maximum Gasteiger partial charge on any atom is 0.273 e. The fraction of sp³-hybridized carbons (Fsp3) is 0.333. The Morgan fingerprint density at radius 2 is 2.05 bits per heavy atom. The van der Waals surface area contributed by atoms with Crippen molar-refractivity contribution in [3.8, 4) is 11.5 Å². The van der Waals surface area contributed by atoms with Crippen LogP contribution in [0, 0.1) is 0 Å². The van der Waals surface area contributed by atoms with E-state index in [9.17, 15) is 4.79 Å². The van der Waals surface area contributed by atoms with Gasteiger partial charge in [0.25, 0.3) is 5.91 Å². The van der Waals surface area contributed by atoms with Crippen molar-refractivity contribution in [3.63, 3.8) is 0 Å². The van der Waals surface area contributed by atoms with Crippen LogP contribution < -0.4 is 20.1 Å². The summed E-state index contributed by atoms with van der Waals surface area (Å²) in [5.74, 6) is 1.06. The van der Waals surface area contributed by atoms with Crippen molar-refractivity contribution in [2.24, 2.45) is 0 Å². The summed E-state index contributed by atoms with van der Waals surface area (Å²) in [7, 11) is 0. The van der Waals surface area contributed by atoms with Crippen LogP contribution in [0.2, 0.25) is 0 Å². The molecule has 2 N–H and O–H groups in total. The fourth-order valence-corrected chi connectivity index (χ4v) is 2.11. The molecule has 0 aliphatic carbocycles. The number of amides is 1. The van der Waals surface area contributed by atoms with E-state index < -0.39 is 0 Å². The van der Waals surface area contributed by atoms with Crippen LogP contribution >= 0.6 is 12.2 Å². The standard InChI is InChI=1S/C15H18N2O3S/c1-3-8-20-13-10(6-5-7-12(13)19-4-2)9-11-14(18)17-15(21)16-11/h5-7,9H,3-4,8H2,1-2H3,(H2,16,17,18,21)/b11-9-. The molecule has 0 unspecified atom stereocenters. The SMILES string of the molecule is CCCOc1c(/C=C2\NC(=S)NC2=O)cccc1OCC. The number of para-hydroxylation sites is 1. The minimum atomic E-state index is -0.247. The number of hydrogen-bond donors (Lipinski definition) is 2. The Hall–Kier alpha value is -2.08. The molecule has 21 heavy (non-hydrogen) atoms. The monoisotopic (exact) mass is 306 g/mol. The lowest BCUT2D eigenvalue weighted by molar-refractivity contribution is -0.115. The van der Waals surface area contributed by atoms with Crippen molar-refractivity contribution in [1.29, 1.82) is 0 Å². The van der Waals surface area contributed by atoms with Crippen LogP contribution in [-0.4, -0.2) is 24.2 Å². The Morgan fingerprint density at radius 3 is 2.67 bits per heavy atom. The Morgan fingerprint density at radius 1 is 1.24 bits per heavy atom. The maximum atomic E-state index is 11.7. The molecule has 1 aromatic rings. The van der Waals surface area contributed by atoms with Crippen molar-refractivity contribution in [3.05, 3.63) is 29.5 Å². The molecule has 1 heterocycles. The Labute approximate surface area is 129 Å². The minimum absolute atomic E-state index is 0.247. The molecular weight excluding hydrogens is 288 g/mol. The first-order valence-corrected chi connectivity index (χ1v) is 7.29. The Balaban J connectivity index is 2.37. The molecule has 6 heteroatoms. The molecule has 5 nitrogen and oxygen atoms in total. The van der Waals surface area contributed by atoms with E-state index in [1.54, 1.807) is 6.08 Å². The minimum Gasteiger partial charge on any atom is -0.490 e. The third-order valence-electron chi connectivity index (χ3n) is 2.78. The summed E-state index contributed by atoms with van der Waals surface area (Å²) in [6.45, 7) is 5.08. The summed E-state index contributed by atoms with van der Waals surface area (Å²) in [5, 5.41) is 5.66. The fourth-order valence-electron chi connectivity index (χ4n) is 1.91. The summed E-state index contributed by atoms with van der Waals surface area (Å²) in [4.78, 5) is 11.7. The highest BCUT2D eigenvalue weighted by Gasteiger charge is 2.21. The van der Waals surface area contributed by atoms with Crippen LogP contribution in [0.3, 0.4) is 0 Å². The van der Waals surface area contributed by atoms with Crippen molar-refractivity contribution < 1.29 is 14.3 Å². The molecule has 2 rings (SSSR count). The quantitative estimate of drug-likeness (QED) is 0.623. The number of carbonyl (C=O) groups is 1.